The normalized spacial score (nSPS) is 23.5. The molecular formula is C26H49N3O5. The maximum Gasteiger partial charge on any atom is 0.309 e. The van der Waals surface area contributed by atoms with Gasteiger partial charge in [-0.3, -0.25) is 19.3 Å². The van der Waals surface area contributed by atoms with Crippen LogP contribution in [0.1, 0.15) is 83.8 Å². The van der Waals surface area contributed by atoms with E-state index in [1.165, 1.54) is 7.11 Å². The smallest absolute Gasteiger partial charge is 0.309 e. The van der Waals surface area contributed by atoms with Gasteiger partial charge in [0.25, 0.3) is 0 Å². The molecule has 0 radical (unpaired) electrons. The molecule has 1 heterocycles. The molecule has 0 spiro atoms. The average Bonchev–Trinajstić information content (AvgIpc) is 3.23. The number of amides is 2. The summed E-state index contributed by atoms with van der Waals surface area (Å²) in [4.78, 5) is 43.2. The number of esters is 1. The Morgan fingerprint density at radius 2 is 1.88 bits per heavy atom. The third-order valence-corrected chi connectivity index (χ3v) is 6.76. The van der Waals surface area contributed by atoms with E-state index in [9.17, 15) is 14.4 Å². The van der Waals surface area contributed by atoms with Crippen LogP contribution in [-0.4, -0.2) is 84.6 Å². The van der Waals surface area contributed by atoms with Gasteiger partial charge in [-0.15, -0.1) is 0 Å². The van der Waals surface area contributed by atoms with Crippen molar-refractivity contribution in [2.45, 2.75) is 110 Å². The van der Waals surface area contributed by atoms with Crippen LogP contribution in [0.2, 0.25) is 0 Å². The van der Waals surface area contributed by atoms with Crippen molar-refractivity contribution in [1.29, 1.82) is 0 Å². The van der Waals surface area contributed by atoms with Crippen molar-refractivity contribution in [3.63, 3.8) is 0 Å². The number of ether oxygens (including phenoxy) is 2. The van der Waals surface area contributed by atoms with Gasteiger partial charge in [-0.2, -0.15) is 0 Å². The Bertz CT molecular complexity index is 746. The first-order valence-corrected chi connectivity index (χ1v) is 12.3. The predicted molar refractivity (Wildman–Crippen MR) is 134 cm³/mol. The molecule has 1 aliphatic rings. The summed E-state index contributed by atoms with van der Waals surface area (Å²) in [7, 11) is 3.15. The van der Waals surface area contributed by atoms with Gasteiger partial charge in [0.2, 0.25) is 11.8 Å². The lowest BCUT2D eigenvalue weighted by atomic mass is 9.89. The third-order valence-electron chi connectivity index (χ3n) is 6.76. The molecular weight excluding hydrogens is 434 g/mol. The highest BCUT2D eigenvalue weighted by Gasteiger charge is 2.44. The summed E-state index contributed by atoms with van der Waals surface area (Å²) in [6.45, 7) is 13.6. The fraction of sp³-hybridized carbons (Fsp3) is 0.885. The van der Waals surface area contributed by atoms with Crippen LogP contribution in [0.5, 0.6) is 0 Å². The van der Waals surface area contributed by atoms with Crippen molar-refractivity contribution in [2.75, 3.05) is 27.7 Å². The minimum atomic E-state index is -1.09. The van der Waals surface area contributed by atoms with Crippen LogP contribution in [-0.2, 0) is 23.9 Å². The van der Waals surface area contributed by atoms with E-state index in [4.69, 9.17) is 12.2 Å². The molecule has 1 saturated heterocycles. The highest BCUT2D eigenvalue weighted by atomic mass is 16.6. The number of methoxy groups -OCH3 is 1. The monoisotopic (exact) mass is 485 g/mol. The Labute approximate surface area is 209 Å². The van der Waals surface area contributed by atoms with Crippen LogP contribution in [0.3, 0.4) is 0 Å². The highest BCUT2D eigenvalue weighted by Crippen LogP contribution is 2.28. The van der Waals surface area contributed by atoms with E-state index in [-0.39, 0.29) is 44.0 Å². The van der Waals surface area contributed by atoms with E-state index in [1.807, 2.05) is 27.7 Å². The van der Waals surface area contributed by atoms with E-state index in [0.29, 0.717) is 13.0 Å². The fourth-order valence-electron chi connectivity index (χ4n) is 4.48. The molecule has 198 valence electrons. The molecule has 0 unspecified atom stereocenters. The number of hydrogen-bond donors (Lipinski definition) is 1. The number of nitrogens with zero attached hydrogens (tertiary/aromatic N) is 2. The maximum absolute atomic E-state index is 13.8. The molecule has 0 aromatic rings. The summed E-state index contributed by atoms with van der Waals surface area (Å²) in [6.07, 6.45) is 1.41. The molecule has 5 atom stereocenters. The van der Waals surface area contributed by atoms with Gasteiger partial charge >= 0.3 is 5.97 Å². The lowest BCUT2D eigenvalue weighted by molar-refractivity contribution is -0.161. The lowest BCUT2D eigenvalue weighted by Crippen LogP contribution is -2.61. The van der Waals surface area contributed by atoms with Crippen molar-refractivity contribution in [2.24, 2.45) is 11.8 Å². The van der Waals surface area contributed by atoms with E-state index in [1.54, 1.807) is 37.6 Å². The summed E-state index contributed by atoms with van der Waals surface area (Å²) in [5.74, 6) is -1.23. The van der Waals surface area contributed by atoms with Gasteiger partial charge in [-0.1, -0.05) is 34.1 Å². The topological polar surface area (TPSA) is 88.2 Å². The van der Waals surface area contributed by atoms with E-state index >= 15 is 0 Å². The number of hydrogen-bond acceptors (Lipinski definition) is 6. The molecule has 8 heteroatoms. The highest BCUT2D eigenvalue weighted by molar-refractivity contribution is 5.92. The second-order valence-electron chi connectivity index (χ2n) is 11.0. The van der Waals surface area contributed by atoms with Gasteiger partial charge in [0.1, 0.15) is 11.6 Å². The van der Waals surface area contributed by atoms with Gasteiger partial charge in [-0.25, -0.2) is 0 Å². The Morgan fingerprint density at radius 1 is 1.24 bits per heavy atom. The molecule has 0 bridgehead atoms. The zero-order valence-corrected chi connectivity index (χ0v) is 22.8. The summed E-state index contributed by atoms with van der Waals surface area (Å²) >= 11 is 0. The maximum atomic E-state index is 13.8. The van der Waals surface area contributed by atoms with Gasteiger partial charge in [-0.05, 0) is 65.9 Å². The summed E-state index contributed by atoms with van der Waals surface area (Å²) < 4.78 is 27.1. The Hall–Kier alpha value is -1.67. The summed E-state index contributed by atoms with van der Waals surface area (Å²) in [5, 5.41) is 2.93. The standard InChI is InChI=1S/C26H49N3O5/c1-12-18(4)22(19(33-11)16-20(30)34-25(5,6)7)29(10)23(31)21(17(2)3)27-24(32)26(8)14-13-15-28(26)9/h17-19,21-22H,12-16H2,1-11H3,(H,27,32)/t18-,19+,21-,22-,26-/m0/s1/i8D,9D. The van der Waals surface area contributed by atoms with Crippen molar-refractivity contribution in [3.05, 3.63) is 0 Å². The zero-order chi connectivity index (χ0) is 27.8. The van der Waals surface area contributed by atoms with Crippen LogP contribution >= 0.6 is 0 Å². The Morgan fingerprint density at radius 3 is 2.35 bits per heavy atom. The first-order chi connectivity index (χ1) is 16.7. The molecule has 0 aliphatic carbocycles. The second-order valence-corrected chi connectivity index (χ2v) is 11.0. The van der Waals surface area contributed by atoms with E-state index in [0.717, 1.165) is 12.8 Å². The molecule has 8 nitrogen and oxygen atoms in total. The van der Waals surface area contributed by atoms with Gasteiger partial charge < -0.3 is 19.7 Å². The average molecular weight is 486 g/mol. The number of nitrogens with one attached hydrogen (secondary N) is 1. The van der Waals surface area contributed by atoms with E-state index in [2.05, 4.69) is 5.32 Å². The van der Waals surface area contributed by atoms with Gasteiger partial charge in [0.05, 0.1) is 24.1 Å². The van der Waals surface area contributed by atoms with E-state index < -0.39 is 35.3 Å². The summed E-state index contributed by atoms with van der Waals surface area (Å²) in [6, 6.07) is -1.23. The first-order valence-electron chi connectivity index (χ1n) is 13.8. The molecule has 1 aliphatic heterocycles. The molecule has 34 heavy (non-hydrogen) atoms. The first kappa shape index (κ1) is 26.9. The predicted octanol–water partition coefficient (Wildman–Crippen LogP) is 3.23. The van der Waals surface area contributed by atoms with Crippen LogP contribution < -0.4 is 5.32 Å². The molecule has 0 saturated carbocycles. The minimum absolute atomic E-state index is 0.000481. The number of carbonyl (C=O) groups excluding carboxylic acids is 3. The summed E-state index contributed by atoms with van der Waals surface area (Å²) in [5.41, 5.74) is -1.72. The van der Waals surface area contributed by atoms with Crippen LogP contribution in [0.25, 0.3) is 0 Å². The van der Waals surface area contributed by atoms with Crippen molar-refractivity contribution < 1.29 is 26.6 Å². The molecule has 1 fully saturated rings. The number of likely N-dealkylation sites (tertiary alicyclic amines) is 1. The third kappa shape index (κ3) is 7.67. The van der Waals surface area contributed by atoms with Crippen molar-refractivity contribution in [3.8, 4) is 0 Å². The number of carbonyl (C=O) groups is 3. The van der Waals surface area contributed by atoms with Crippen LogP contribution in [0.4, 0.5) is 0 Å². The quantitative estimate of drug-likeness (QED) is 0.452. The van der Waals surface area contributed by atoms with Crippen LogP contribution in [0, 0.1) is 11.8 Å². The minimum Gasteiger partial charge on any atom is -0.460 e. The molecule has 2 amide bonds. The second kappa shape index (κ2) is 12.3. The lowest BCUT2D eigenvalue weighted by Gasteiger charge is -2.40. The number of likely N-dealkylation sites (N-methyl/N-ethyl adjacent to an activating group) is 2. The SMILES string of the molecule is [2H]CN1CCC[C@@]1(C[2H])C(=O)N[C@H](C(=O)N(C)[C@@H]([C@@H](C)CC)[C@@H](CC(=O)OC(C)(C)C)OC)C(C)C. The molecule has 0 aromatic heterocycles. The molecule has 0 aromatic carbocycles. The zero-order valence-electron chi connectivity index (χ0n) is 24.8. The van der Waals surface area contributed by atoms with Gasteiger partial charge in [0, 0.05) is 16.9 Å². The Balaban J connectivity index is 3.20. The fourth-order valence-corrected chi connectivity index (χ4v) is 4.48. The molecule has 1 rings (SSSR count). The Kier molecular flexibility index (Phi) is 9.77. The molecule has 1 N–H and O–H groups in total. The van der Waals surface area contributed by atoms with Crippen molar-refractivity contribution in [1.82, 2.24) is 15.1 Å². The largest absolute Gasteiger partial charge is 0.460 e. The van der Waals surface area contributed by atoms with Crippen LogP contribution in [0.15, 0.2) is 0 Å². The van der Waals surface area contributed by atoms with Crippen molar-refractivity contribution >= 4 is 17.8 Å². The van der Waals surface area contributed by atoms with Gasteiger partial charge in [0.15, 0.2) is 0 Å². The number of rotatable bonds is 11.